The Morgan fingerprint density at radius 1 is 1.31 bits per heavy atom. The van der Waals surface area contributed by atoms with E-state index in [0.717, 1.165) is 0 Å². The van der Waals surface area contributed by atoms with Gasteiger partial charge in [-0.1, -0.05) is 5.92 Å². The number of sulfone groups is 1. The maximum atomic E-state index is 11.8. The smallest absolute Gasteiger partial charge is 0.363 e. The first-order valence-electron chi connectivity index (χ1n) is 3.26. The van der Waals surface area contributed by atoms with Gasteiger partial charge >= 0.3 is 15.6 Å². The highest BCUT2D eigenvalue weighted by molar-refractivity contribution is 8.07. The molecule has 1 unspecified atom stereocenters. The molecule has 16 heavy (non-hydrogen) atoms. The molecule has 0 aromatic carbocycles. The molecular weight excluding hydrogens is 277 g/mol. The summed E-state index contributed by atoms with van der Waals surface area (Å²) >= 11 is 0. The van der Waals surface area contributed by atoms with Crippen molar-refractivity contribution in [2.45, 2.75) is 10.3 Å². The van der Waals surface area contributed by atoms with Crippen LogP contribution in [0.15, 0.2) is 0 Å². The molecule has 0 amide bonds. The summed E-state index contributed by atoms with van der Waals surface area (Å²) in [5.74, 6) is 1.58. The third-order valence-corrected chi connectivity index (χ3v) is 4.73. The van der Waals surface area contributed by atoms with Crippen LogP contribution in [0.5, 0.6) is 0 Å². The minimum absolute atomic E-state index is 0.993. The number of hydrogen-bond donors (Lipinski definition) is 1. The fourth-order valence-electron chi connectivity index (χ4n) is 0.444. The summed E-state index contributed by atoms with van der Waals surface area (Å²) in [6.07, 6.45) is 4.54. The Bertz CT molecular complexity index is 481. The molecule has 0 rings (SSSR count). The van der Waals surface area contributed by atoms with Crippen LogP contribution in [-0.2, 0) is 24.1 Å². The molecule has 0 aliphatic rings. The lowest BCUT2D eigenvalue weighted by atomic mass is 10.8. The molecule has 0 fully saturated rings. The first-order valence-corrected chi connectivity index (χ1v) is 6.28. The minimum Gasteiger partial charge on any atom is -0.363 e. The highest BCUT2D eigenvalue weighted by Gasteiger charge is 2.55. The van der Waals surface area contributed by atoms with Gasteiger partial charge in [-0.3, -0.25) is 4.18 Å². The van der Waals surface area contributed by atoms with E-state index >= 15 is 0 Å². The Balaban J connectivity index is 5.26. The number of rotatable bonds is 4. The quantitative estimate of drug-likeness (QED) is 0.534. The minimum atomic E-state index is -6.29. The van der Waals surface area contributed by atoms with Crippen LogP contribution in [0.4, 0.5) is 13.2 Å². The summed E-state index contributed by atoms with van der Waals surface area (Å²) in [6, 6.07) is 0. The molecule has 0 aromatic heterocycles. The first-order chi connectivity index (χ1) is 6.97. The summed E-state index contributed by atoms with van der Waals surface area (Å²) in [7, 11) is -11.6. The Kier molecular flexibility index (Phi) is 4.34. The second-order valence-electron chi connectivity index (χ2n) is 2.26. The normalized spacial score (nSPS) is 15.4. The molecule has 0 aromatic rings. The van der Waals surface area contributed by atoms with Gasteiger partial charge in [-0.25, -0.2) is 8.42 Å². The van der Waals surface area contributed by atoms with Crippen molar-refractivity contribution in [3.8, 4) is 12.3 Å². The Morgan fingerprint density at radius 2 is 1.75 bits per heavy atom. The van der Waals surface area contributed by atoms with E-state index < -0.39 is 36.8 Å². The van der Waals surface area contributed by atoms with E-state index in [1.165, 1.54) is 0 Å². The molecule has 0 saturated heterocycles. The zero-order chi connectivity index (χ0) is 13.2. The third kappa shape index (κ3) is 3.08. The third-order valence-electron chi connectivity index (χ3n) is 1.14. The van der Waals surface area contributed by atoms with Crippen molar-refractivity contribution >= 4 is 20.0 Å². The van der Waals surface area contributed by atoms with E-state index in [2.05, 4.69) is 10.6 Å². The van der Waals surface area contributed by atoms with E-state index in [4.69, 9.17) is 5.11 Å². The number of alkyl halides is 3. The van der Waals surface area contributed by atoms with Crippen LogP contribution >= 0.6 is 0 Å². The molecule has 0 spiro atoms. The van der Waals surface area contributed by atoms with E-state index in [1.807, 2.05) is 0 Å². The zero-order valence-electron chi connectivity index (χ0n) is 7.30. The average Bonchev–Trinajstić information content (AvgIpc) is 2.11. The largest absolute Gasteiger partial charge is 0.501 e. The molecule has 11 heteroatoms. The molecule has 0 aliphatic heterocycles. The number of aliphatic hydroxyl groups is 1. The van der Waals surface area contributed by atoms with Crippen LogP contribution in [0, 0.1) is 12.3 Å². The van der Waals surface area contributed by atoms with Gasteiger partial charge in [0.15, 0.2) is 0 Å². The molecule has 0 bridgehead atoms. The zero-order valence-corrected chi connectivity index (χ0v) is 8.93. The lowest BCUT2D eigenvalue weighted by Crippen LogP contribution is -2.40. The van der Waals surface area contributed by atoms with Crippen molar-refractivity contribution < 1.29 is 39.3 Å². The van der Waals surface area contributed by atoms with Crippen molar-refractivity contribution in [2.75, 3.05) is 6.61 Å². The van der Waals surface area contributed by atoms with Crippen molar-refractivity contribution in [1.29, 1.82) is 0 Å². The topological polar surface area (TPSA) is 97.7 Å². The Hall–Kier alpha value is -0.830. The van der Waals surface area contributed by atoms with Crippen molar-refractivity contribution in [3.05, 3.63) is 0 Å². The van der Waals surface area contributed by atoms with E-state index in [9.17, 15) is 30.0 Å². The summed E-state index contributed by atoms with van der Waals surface area (Å²) in [5, 5.41) is 8.58. The fraction of sp³-hybridized carbons (Fsp3) is 0.600. The second kappa shape index (κ2) is 4.58. The fourth-order valence-corrected chi connectivity index (χ4v) is 2.76. The second-order valence-corrected chi connectivity index (χ2v) is 6.22. The molecule has 0 heterocycles. The predicted octanol–water partition coefficient (Wildman–Crippen LogP) is -0.824. The lowest BCUT2D eigenvalue weighted by molar-refractivity contribution is -0.0461. The number of hydrogen-bond acceptors (Lipinski definition) is 6. The number of terminal acetylenes is 1. The van der Waals surface area contributed by atoms with Crippen molar-refractivity contribution in [3.63, 3.8) is 0 Å². The van der Waals surface area contributed by atoms with Crippen LogP contribution in [0.1, 0.15) is 0 Å². The van der Waals surface area contributed by atoms with Crippen LogP contribution in [0.2, 0.25) is 0 Å². The Morgan fingerprint density at radius 3 is 2.06 bits per heavy atom. The van der Waals surface area contributed by atoms with Gasteiger partial charge in [0.05, 0.1) is 0 Å². The maximum absolute atomic E-state index is 11.8. The SMILES string of the molecule is C#CCOS(=O)(=O)C(O)S(=O)(=O)C(F)(F)F. The standard InChI is InChI=1S/C5H5F3O6S2/c1-2-3-14-16(12,13)4(9)15(10,11)5(6,7)8/h1,4,9H,3H2. The summed E-state index contributed by atoms with van der Waals surface area (Å²) < 4.78 is 77.8. The van der Waals surface area contributed by atoms with Crippen molar-refractivity contribution in [2.24, 2.45) is 0 Å². The highest BCUT2D eigenvalue weighted by Crippen LogP contribution is 2.28. The average molecular weight is 282 g/mol. The van der Waals surface area contributed by atoms with Gasteiger partial charge in [-0.15, -0.1) is 6.42 Å². The van der Waals surface area contributed by atoms with Gasteiger partial charge < -0.3 is 5.11 Å². The van der Waals surface area contributed by atoms with E-state index in [0.29, 0.717) is 0 Å². The predicted molar refractivity (Wildman–Crippen MR) is 44.7 cm³/mol. The van der Waals surface area contributed by atoms with Gasteiger partial charge in [0, 0.05) is 0 Å². The first kappa shape index (κ1) is 15.2. The molecule has 94 valence electrons. The van der Waals surface area contributed by atoms with Gasteiger partial charge in [-0.2, -0.15) is 21.6 Å². The number of aliphatic hydroxyl groups excluding tert-OH is 1. The van der Waals surface area contributed by atoms with E-state index in [1.54, 1.807) is 5.92 Å². The Labute approximate surface area is 89.1 Å². The van der Waals surface area contributed by atoms with Gasteiger partial charge in [0.2, 0.25) is 0 Å². The lowest BCUT2D eigenvalue weighted by Gasteiger charge is -2.13. The molecule has 0 saturated carbocycles. The molecule has 1 atom stereocenters. The van der Waals surface area contributed by atoms with Gasteiger partial charge in [0.1, 0.15) is 6.61 Å². The summed E-state index contributed by atoms with van der Waals surface area (Å²) in [4.78, 5) is 0. The highest BCUT2D eigenvalue weighted by atomic mass is 32.3. The van der Waals surface area contributed by atoms with Gasteiger partial charge in [-0.05, 0) is 0 Å². The molecule has 1 N–H and O–H groups in total. The van der Waals surface area contributed by atoms with Crippen LogP contribution in [-0.4, -0.2) is 38.8 Å². The molecule has 0 aliphatic carbocycles. The molecule has 0 radical (unpaired) electrons. The van der Waals surface area contributed by atoms with E-state index in [-0.39, 0.29) is 0 Å². The summed E-state index contributed by atoms with van der Waals surface area (Å²) in [5.41, 5.74) is -5.92. The molecular formula is C5H5F3O6S2. The van der Waals surface area contributed by atoms with Crippen molar-refractivity contribution in [1.82, 2.24) is 0 Å². The van der Waals surface area contributed by atoms with Crippen LogP contribution in [0.25, 0.3) is 0 Å². The van der Waals surface area contributed by atoms with Gasteiger partial charge in [0.25, 0.3) is 14.6 Å². The summed E-state index contributed by atoms with van der Waals surface area (Å²) in [6.45, 7) is -0.993. The number of halogens is 3. The van der Waals surface area contributed by atoms with Crippen LogP contribution < -0.4 is 0 Å². The molecule has 6 nitrogen and oxygen atoms in total. The van der Waals surface area contributed by atoms with Crippen LogP contribution in [0.3, 0.4) is 0 Å². The monoisotopic (exact) mass is 282 g/mol. The maximum Gasteiger partial charge on any atom is 0.501 e.